The molecule has 0 fully saturated rings. The van der Waals surface area contributed by atoms with E-state index in [0.717, 1.165) is 5.75 Å². The number of aryl methyl sites for hydroxylation is 1. The summed E-state index contributed by atoms with van der Waals surface area (Å²) in [5.41, 5.74) is 1.21. The topological polar surface area (TPSA) is 29.5 Å². The van der Waals surface area contributed by atoms with E-state index in [1.54, 1.807) is 12.1 Å². The Balaban J connectivity index is 2.11. The van der Waals surface area contributed by atoms with Gasteiger partial charge in [-0.2, -0.15) is 0 Å². The van der Waals surface area contributed by atoms with E-state index in [1.807, 2.05) is 30.3 Å². The predicted molar refractivity (Wildman–Crippen MR) is 78.6 cm³/mol. The van der Waals surface area contributed by atoms with Crippen LogP contribution in [-0.2, 0) is 0 Å². The van der Waals surface area contributed by atoms with Gasteiger partial charge in [-0.05, 0) is 0 Å². The molecule has 2 nitrogen and oxygen atoms in total. The van der Waals surface area contributed by atoms with Gasteiger partial charge in [-0.3, -0.25) is 0 Å². The molecule has 0 saturated carbocycles. The summed E-state index contributed by atoms with van der Waals surface area (Å²) in [5, 5.41) is 9.24. The van der Waals surface area contributed by atoms with Gasteiger partial charge in [0.05, 0.1) is 0 Å². The zero-order valence-electron chi connectivity index (χ0n) is 9.85. The van der Waals surface area contributed by atoms with Crippen molar-refractivity contribution in [1.82, 2.24) is 0 Å². The van der Waals surface area contributed by atoms with Crippen LogP contribution in [0.2, 0.25) is 0 Å². The molecular weight excluding hydrogens is 327 g/mol. The van der Waals surface area contributed by atoms with Crippen LogP contribution in [0.25, 0.3) is 0 Å². The number of aromatic hydroxyl groups is 1. The molecule has 1 N–H and O–H groups in total. The second-order valence-electron chi connectivity index (χ2n) is 3.79. The summed E-state index contributed by atoms with van der Waals surface area (Å²) >= 11 is -1.62. The van der Waals surface area contributed by atoms with Crippen LogP contribution in [0.5, 0.6) is 11.5 Å². The molecule has 3 heteroatoms. The first-order valence-corrected chi connectivity index (χ1v) is 9.41. The normalized spacial score (nSPS) is 11.1. The molecule has 0 bridgehead atoms. The third-order valence-electron chi connectivity index (χ3n) is 2.33. The van der Waals surface area contributed by atoms with Gasteiger partial charge in [0.15, 0.2) is 0 Å². The van der Waals surface area contributed by atoms with Crippen molar-refractivity contribution in [3.8, 4) is 11.5 Å². The first kappa shape index (κ1) is 12.2. The molecule has 2 aromatic carbocycles. The number of hydrogen-bond acceptors (Lipinski definition) is 2. The Labute approximate surface area is 109 Å². The third-order valence-corrected chi connectivity index (χ3v) is 5.97. The number of phenols is 1. The molecule has 0 aromatic heterocycles. The van der Waals surface area contributed by atoms with E-state index in [9.17, 15) is 5.11 Å². The Morgan fingerprint density at radius 3 is 2.41 bits per heavy atom. The number of halogens is 1. The number of phenolic OH excluding ortho intramolecular Hbond substituents is 1. The molecule has 0 saturated heterocycles. The Morgan fingerprint density at radius 1 is 1.06 bits per heavy atom. The summed E-state index contributed by atoms with van der Waals surface area (Å²) in [6.45, 7) is 2.06. The van der Waals surface area contributed by atoms with Gasteiger partial charge < -0.3 is 0 Å². The van der Waals surface area contributed by atoms with E-state index in [1.165, 1.54) is 9.13 Å². The molecule has 90 valence electrons. The Bertz CT molecular complexity index is 494. The quantitative estimate of drug-likeness (QED) is 0.675. The van der Waals surface area contributed by atoms with Gasteiger partial charge in [0.25, 0.3) is 0 Å². The van der Waals surface area contributed by atoms with Crippen LogP contribution in [0.3, 0.4) is 0 Å². The number of alkyl halides is 1. The molecule has 0 aliphatic rings. The van der Waals surface area contributed by atoms with Gasteiger partial charge in [0.1, 0.15) is 0 Å². The van der Waals surface area contributed by atoms with Crippen molar-refractivity contribution >= 4 is 20.2 Å². The Hall–Kier alpha value is -1.23. The van der Waals surface area contributed by atoms with E-state index in [0.29, 0.717) is 5.75 Å². The van der Waals surface area contributed by atoms with E-state index in [2.05, 4.69) is 17.9 Å². The zero-order chi connectivity index (χ0) is 12.3. The first-order chi connectivity index (χ1) is 8.15. The van der Waals surface area contributed by atoms with Crippen LogP contribution < -0.4 is 3.07 Å². The summed E-state index contributed by atoms with van der Waals surface area (Å²) < 4.78 is 7.20. The Kier molecular flexibility index (Phi) is 3.89. The molecule has 0 aliphatic heterocycles. The fourth-order valence-corrected chi connectivity index (χ4v) is 4.12. The van der Waals surface area contributed by atoms with Crippen LogP contribution in [-0.4, -0.2) is 10.0 Å². The van der Waals surface area contributed by atoms with E-state index in [-0.39, 0.29) is 0 Å². The second kappa shape index (κ2) is 5.40. The van der Waals surface area contributed by atoms with Crippen molar-refractivity contribution in [2.24, 2.45) is 0 Å². The van der Waals surface area contributed by atoms with Gasteiger partial charge in [-0.1, -0.05) is 0 Å². The fourth-order valence-electron chi connectivity index (χ4n) is 1.46. The van der Waals surface area contributed by atoms with Crippen LogP contribution in [0.15, 0.2) is 48.5 Å². The summed E-state index contributed by atoms with van der Waals surface area (Å²) in [6, 6.07) is 15.4. The monoisotopic (exact) mass is 342 g/mol. The predicted octanol–water partition coefficient (Wildman–Crippen LogP) is 4.00. The minimum atomic E-state index is -1.62. The summed E-state index contributed by atoms with van der Waals surface area (Å²) in [6.07, 6.45) is 0. The molecule has 17 heavy (non-hydrogen) atoms. The van der Waals surface area contributed by atoms with Gasteiger partial charge in [-0.15, -0.1) is 0 Å². The number of hydrogen-bond donors (Lipinski definition) is 1. The molecule has 2 aromatic rings. The SMILES string of the molecule is Cc1cccc(OI(C)c2ccc(O)cc2)c1. The van der Waals surface area contributed by atoms with Crippen molar-refractivity contribution in [2.75, 3.05) is 4.93 Å². The Morgan fingerprint density at radius 2 is 1.76 bits per heavy atom. The standard InChI is InChI=1S/C14H15IO2/c1-11-4-3-5-14(10-11)17-15(2)12-6-8-13(16)9-7-12/h3-10,16H,1-2H3. The van der Waals surface area contributed by atoms with Crippen molar-refractivity contribution in [1.29, 1.82) is 0 Å². The molecule has 0 heterocycles. The number of benzene rings is 2. The summed E-state index contributed by atoms with van der Waals surface area (Å²) in [7, 11) is 0. The van der Waals surface area contributed by atoms with E-state index < -0.39 is 20.2 Å². The number of rotatable bonds is 3. The van der Waals surface area contributed by atoms with E-state index >= 15 is 0 Å². The van der Waals surface area contributed by atoms with Gasteiger partial charge in [-0.25, -0.2) is 0 Å². The molecule has 0 amide bonds. The van der Waals surface area contributed by atoms with Crippen LogP contribution in [0.4, 0.5) is 0 Å². The average molecular weight is 342 g/mol. The van der Waals surface area contributed by atoms with Gasteiger partial charge in [0, 0.05) is 0 Å². The van der Waals surface area contributed by atoms with Gasteiger partial charge >= 0.3 is 109 Å². The van der Waals surface area contributed by atoms with Crippen LogP contribution in [0, 0.1) is 10.5 Å². The maximum absolute atomic E-state index is 9.24. The average Bonchev–Trinajstić information content (AvgIpc) is 2.29. The maximum atomic E-state index is 9.24. The zero-order valence-corrected chi connectivity index (χ0v) is 12.0. The minimum absolute atomic E-state index is 0.300. The summed E-state index contributed by atoms with van der Waals surface area (Å²) in [5.74, 6) is 1.24. The van der Waals surface area contributed by atoms with Crippen molar-refractivity contribution in [3.05, 3.63) is 57.7 Å². The van der Waals surface area contributed by atoms with Crippen molar-refractivity contribution < 1.29 is 8.17 Å². The molecule has 0 atom stereocenters. The van der Waals surface area contributed by atoms with E-state index in [4.69, 9.17) is 3.07 Å². The second-order valence-corrected chi connectivity index (χ2v) is 7.88. The molecule has 0 radical (unpaired) electrons. The van der Waals surface area contributed by atoms with Crippen LogP contribution in [0.1, 0.15) is 5.56 Å². The summed E-state index contributed by atoms with van der Waals surface area (Å²) in [4.78, 5) is 2.15. The van der Waals surface area contributed by atoms with Crippen LogP contribution >= 0.6 is 20.2 Å². The molecule has 0 unspecified atom stereocenters. The third kappa shape index (κ3) is 3.36. The van der Waals surface area contributed by atoms with Crippen molar-refractivity contribution in [3.63, 3.8) is 0 Å². The molecular formula is C14H15IO2. The van der Waals surface area contributed by atoms with Gasteiger partial charge in [0.2, 0.25) is 0 Å². The molecule has 0 aliphatic carbocycles. The first-order valence-electron chi connectivity index (χ1n) is 5.29. The molecule has 0 spiro atoms. The molecule has 2 rings (SSSR count). The fraction of sp³-hybridized carbons (Fsp3) is 0.143. The van der Waals surface area contributed by atoms with Crippen molar-refractivity contribution in [2.45, 2.75) is 6.92 Å².